The van der Waals surface area contributed by atoms with Crippen LogP contribution in [0.15, 0.2) is 57.5 Å². The first kappa shape index (κ1) is 22.1. The van der Waals surface area contributed by atoms with E-state index in [0.29, 0.717) is 11.4 Å². The molecule has 6 nitrogen and oxygen atoms in total. The Morgan fingerprint density at radius 3 is 1.67 bits per heavy atom. The zero-order valence-corrected chi connectivity index (χ0v) is 20.2. The van der Waals surface area contributed by atoms with Crippen molar-refractivity contribution in [1.29, 1.82) is 0 Å². The molecule has 0 bridgehead atoms. The van der Waals surface area contributed by atoms with Gasteiger partial charge in [0.25, 0.3) is 5.91 Å². The predicted molar refractivity (Wildman–Crippen MR) is 126 cm³/mol. The summed E-state index contributed by atoms with van der Waals surface area (Å²) >= 11 is 6.79. The highest BCUT2D eigenvalue weighted by Gasteiger charge is 2.15. The molecule has 1 amide bonds. The van der Waals surface area contributed by atoms with Gasteiger partial charge in [-0.3, -0.25) is 4.79 Å². The van der Waals surface area contributed by atoms with Gasteiger partial charge in [0.1, 0.15) is 11.4 Å². The third kappa shape index (κ3) is 4.29. The second kappa shape index (κ2) is 8.65. The number of carboxylic acids is 1. The molecule has 2 aromatic heterocycles. The Bertz CT molecular complexity index is 1270. The molecule has 0 atom stereocenters. The first-order chi connectivity index (χ1) is 14.1. The summed E-state index contributed by atoms with van der Waals surface area (Å²) in [6.45, 7) is 0. The van der Waals surface area contributed by atoms with E-state index >= 15 is 0 Å². The number of carbonyl (C=O) groups is 2. The number of carboxylic acid groups (broad SMARTS) is 1. The van der Waals surface area contributed by atoms with Crippen molar-refractivity contribution in [3.63, 3.8) is 0 Å². The molecule has 0 aliphatic carbocycles. The summed E-state index contributed by atoms with van der Waals surface area (Å²) in [5.74, 6) is -0.880. The van der Waals surface area contributed by atoms with Crippen LogP contribution in [0, 0.1) is 0 Å². The minimum atomic E-state index is -0.903. The molecule has 0 fully saturated rings. The summed E-state index contributed by atoms with van der Waals surface area (Å²) in [7, 11) is 7.18. The topological polar surface area (TPSA) is 67.5 Å². The molecule has 30 heavy (non-hydrogen) atoms. The number of nitrogens with zero attached hydrogens (tertiary/aromatic N) is 3. The molecule has 2 heterocycles. The number of hydrogen-bond donors (Lipinski definition) is 1. The van der Waals surface area contributed by atoms with Gasteiger partial charge in [-0.15, -0.1) is 0 Å². The molecule has 0 aliphatic heterocycles. The van der Waals surface area contributed by atoms with E-state index in [9.17, 15) is 9.59 Å². The van der Waals surface area contributed by atoms with Gasteiger partial charge in [0, 0.05) is 58.9 Å². The third-order valence-corrected chi connectivity index (χ3v) is 5.85. The van der Waals surface area contributed by atoms with E-state index in [1.54, 1.807) is 36.7 Å². The van der Waals surface area contributed by atoms with Crippen LogP contribution >= 0.6 is 31.9 Å². The zero-order chi connectivity index (χ0) is 22.2. The first-order valence-corrected chi connectivity index (χ1v) is 10.6. The predicted octanol–water partition coefficient (Wildman–Crippen LogP) is 5.28. The molecule has 0 saturated heterocycles. The average molecular weight is 535 g/mol. The molecule has 4 rings (SSSR count). The Morgan fingerprint density at radius 2 is 1.23 bits per heavy atom. The fraction of sp³-hybridized carbons (Fsp3) is 0.182. The highest BCUT2D eigenvalue weighted by atomic mass is 79.9. The van der Waals surface area contributed by atoms with Gasteiger partial charge in [0.15, 0.2) is 0 Å². The van der Waals surface area contributed by atoms with E-state index < -0.39 is 5.97 Å². The summed E-state index contributed by atoms with van der Waals surface area (Å²) in [5.41, 5.74) is 2.98. The number of carbonyl (C=O) groups excluding carboxylic acids is 1. The number of hydrogen-bond acceptors (Lipinski definition) is 2. The fourth-order valence-corrected chi connectivity index (χ4v) is 3.94. The summed E-state index contributed by atoms with van der Waals surface area (Å²) < 4.78 is 5.55. The van der Waals surface area contributed by atoms with Crippen LogP contribution in [0.5, 0.6) is 0 Å². The van der Waals surface area contributed by atoms with Crippen LogP contribution in [0.1, 0.15) is 21.0 Å². The van der Waals surface area contributed by atoms with Gasteiger partial charge in [0.2, 0.25) is 0 Å². The lowest BCUT2D eigenvalue weighted by Gasteiger charge is -2.10. The lowest BCUT2D eigenvalue weighted by Crippen LogP contribution is -2.23. The maximum atomic E-state index is 11.9. The number of amides is 1. The van der Waals surface area contributed by atoms with E-state index in [4.69, 9.17) is 5.11 Å². The summed E-state index contributed by atoms with van der Waals surface area (Å²) in [6.07, 6.45) is 0. The summed E-state index contributed by atoms with van der Waals surface area (Å²) in [5, 5.41) is 10.9. The van der Waals surface area contributed by atoms with Crippen molar-refractivity contribution < 1.29 is 14.7 Å². The van der Waals surface area contributed by atoms with Crippen molar-refractivity contribution in [2.45, 2.75) is 0 Å². The van der Waals surface area contributed by atoms with Gasteiger partial charge in [-0.2, -0.15) is 0 Å². The number of benzene rings is 2. The Morgan fingerprint density at radius 1 is 0.800 bits per heavy atom. The largest absolute Gasteiger partial charge is 0.477 e. The van der Waals surface area contributed by atoms with E-state index in [1.165, 1.54) is 0 Å². The molecule has 8 heteroatoms. The van der Waals surface area contributed by atoms with E-state index in [2.05, 4.69) is 31.9 Å². The number of aromatic nitrogens is 2. The van der Waals surface area contributed by atoms with Crippen LogP contribution in [0.25, 0.3) is 21.8 Å². The number of halogens is 2. The number of aromatic carboxylic acids is 1. The molecule has 0 aliphatic rings. The highest BCUT2D eigenvalue weighted by molar-refractivity contribution is 9.10. The van der Waals surface area contributed by atoms with Crippen molar-refractivity contribution in [1.82, 2.24) is 14.0 Å². The number of fused-ring (bicyclic) bond motifs is 2. The fourth-order valence-electron chi connectivity index (χ4n) is 3.25. The maximum Gasteiger partial charge on any atom is 0.352 e. The lowest BCUT2D eigenvalue weighted by molar-refractivity contribution is 0.0686. The first-order valence-electron chi connectivity index (χ1n) is 9.05. The van der Waals surface area contributed by atoms with Crippen LogP contribution in [-0.2, 0) is 14.1 Å². The van der Waals surface area contributed by atoms with Crippen molar-refractivity contribution in [3.8, 4) is 0 Å². The minimum Gasteiger partial charge on any atom is -0.477 e. The highest BCUT2D eigenvalue weighted by Crippen LogP contribution is 2.24. The third-order valence-electron chi connectivity index (χ3n) is 4.86. The maximum absolute atomic E-state index is 11.9. The molecule has 4 aromatic rings. The monoisotopic (exact) mass is 533 g/mol. The van der Waals surface area contributed by atoms with Crippen molar-refractivity contribution >= 4 is 65.5 Å². The second-order valence-electron chi connectivity index (χ2n) is 7.09. The van der Waals surface area contributed by atoms with Gasteiger partial charge in [0.05, 0.1) is 0 Å². The lowest BCUT2D eigenvalue weighted by atomic mass is 10.2. The van der Waals surface area contributed by atoms with Crippen LogP contribution < -0.4 is 0 Å². The molecule has 2 aromatic carbocycles. The van der Waals surface area contributed by atoms with Gasteiger partial charge in [-0.05, 0) is 36.4 Å². The number of aryl methyl sites for hydroxylation is 2. The Balaban J connectivity index is 0.000000172. The summed E-state index contributed by atoms with van der Waals surface area (Å²) in [6, 6.07) is 15.3. The van der Waals surface area contributed by atoms with Gasteiger partial charge >= 0.3 is 5.97 Å². The minimum absolute atomic E-state index is 0.0230. The molecule has 0 unspecified atom stereocenters. The van der Waals surface area contributed by atoms with Crippen molar-refractivity contribution in [2.24, 2.45) is 14.1 Å². The molecule has 0 spiro atoms. The van der Waals surface area contributed by atoms with Gasteiger partial charge < -0.3 is 19.1 Å². The Labute approximate surface area is 190 Å². The molecule has 156 valence electrons. The SMILES string of the molecule is CN(C)C(=O)c1cc2ccc(Br)cc2n1C.Cn1c(C(=O)O)cc2ccc(Br)cc21. The van der Waals surface area contributed by atoms with Gasteiger partial charge in [-0.25, -0.2) is 4.79 Å². The van der Waals surface area contributed by atoms with E-state index in [0.717, 1.165) is 30.8 Å². The average Bonchev–Trinajstić information content (AvgIpc) is 3.19. The Hall–Kier alpha value is -2.58. The Kier molecular flexibility index (Phi) is 6.38. The second-order valence-corrected chi connectivity index (χ2v) is 8.92. The van der Waals surface area contributed by atoms with Crippen molar-refractivity contribution in [2.75, 3.05) is 14.1 Å². The smallest absolute Gasteiger partial charge is 0.352 e. The van der Waals surface area contributed by atoms with E-state index in [1.807, 2.05) is 54.1 Å². The van der Waals surface area contributed by atoms with E-state index in [-0.39, 0.29) is 5.91 Å². The molecular formula is C22H21Br2N3O3. The summed E-state index contributed by atoms with van der Waals surface area (Å²) in [4.78, 5) is 24.3. The molecular weight excluding hydrogens is 514 g/mol. The molecule has 1 N–H and O–H groups in total. The van der Waals surface area contributed by atoms with Gasteiger partial charge in [-0.1, -0.05) is 44.0 Å². The number of rotatable bonds is 2. The van der Waals surface area contributed by atoms with Crippen LogP contribution in [0.4, 0.5) is 0 Å². The van der Waals surface area contributed by atoms with Crippen LogP contribution in [0.2, 0.25) is 0 Å². The normalized spacial score (nSPS) is 10.7. The molecule has 0 saturated carbocycles. The van der Waals surface area contributed by atoms with Crippen molar-refractivity contribution in [3.05, 3.63) is 68.9 Å². The van der Waals surface area contributed by atoms with Crippen LogP contribution in [0.3, 0.4) is 0 Å². The standard InChI is InChI=1S/C12H13BrN2O.C10H8BrNO2/c1-14(2)12(16)11-6-8-4-5-9(13)7-10(8)15(11)3;1-12-8-5-7(11)3-2-6(8)4-9(12)10(13)14/h4-7H,1-3H3;2-5H,1H3,(H,13,14). The molecule has 0 radical (unpaired) electrons. The zero-order valence-electron chi connectivity index (χ0n) is 17.0. The van der Waals surface area contributed by atoms with Crippen LogP contribution in [-0.4, -0.2) is 45.1 Å². The quantitative estimate of drug-likeness (QED) is 0.380.